The number of nitrogens with one attached hydrogen (secondary N) is 1. The first kappa shape index (κ1) is 36.6. The Labute approximate surface area is 323 Å². The van der Waals surface area contributed by atoms with Crippen molar-refractivity contribution in [3.05, 3.63) is 172 Å². The second-order valence-electron chi connectivity index (χ2n) is 13.8. The molecule has 2 aliphatic rings. The Balaban J connectivity index is 1.20. The lowest BCUT2D eigenvalue weighted by molar-refractivity contribution is -0.159. The van der Waals surface area contributed by atoms with Crippen molar-refractivity contribution >= 4 is 17.7 Å². The third-order valence-electron chi connectivity index (χ3n) is 10.5. The summed E-state index contributed by atoms with van der Waals surface area (Å²) >= 11 is 0. The molecular weight excluding hydrogens is 713 g/mol. The number of methoxy groups -OCH3 is 2. The fraction of sp³-hybridized carbons (Fsp3) is 0.233. The number of hydrogen-bond donors (Lipinski definition) is 2. The van der Waals surface area contributed by atoms with Gasteiger partial charge >= 0.3 is 5.69 Å². The molecule has 2 aliphatic heterocycles. The van der Waals surface area contributed by atoms with Crippen LogP contribution in [0.1, 0.15) is 38.8 Å². The Kier molecular flexibility index (Phi) is 9.81. The molecular formula is C43H40N6O7. The molecule has 284 valence electrons. The number of carbonyl (C=O) groups is 1. The van der Waals surface area contributed by atoms with Crippen molar-refractivity contribution in [2.24, 2.45) is 0 Å². The standard InChI is InChI=1S/C43H40N6O7/c1-28-25-48(41(52)47-37(28)46-38(51)29-11-6-4-7-12-29)39-35-36(50)42(56-39,26-49(35)40-44-23-10-24-45-40)27-55-43(30-13-8-5-9-14-30,31-15-19-33(53-2)20-16-31)32-17-21-34(54-3)22-18-32/h4-25,35-36,39,50H,26-27H2,1-3H3,(H,46,47,51,52)/t35-,36+,39-,42-/m1/s1. The predicted molar refractivity (Wildman–Crippen MR) is 208 cm³/mol. The van der Waals surface area contributed by atoms with Gasteiger partial charge in [0.25, 0.3) is 5.91 Å². The van der Waals surface area contributed by atoms with Crippen LogP contribution in [0.3, 0.4) is 0 Å². The Hall–Kier alpha value is -6.41. The van der Waals surface area contributed by atoms with Crippen LogP contribution in [0.25, 0.3) is 0 Å². The van der Waals surface area contributed by atoms with Gasteiger partial charge in [-0.25, -0.2) is 14.8 Å². The molecule has 2 N–H and O–H groups in total. The van der Waals surface area contributed by atoms with Crippen molar-refractivity contribution in [3.8, 4) is 11.5 Å². The molecule has 4 atom stereocenters. The summed E-state index contributed by atoms with van der Waals surface area (Å²) in [6.07, 6.45) is 2.62. The van der Waals surface area contributed by atoms with Crippen molar-refractivity contribution in [2.45, 2.75) is 36.5 Å². The molecule has 2 fully saturated rings. The third-order valence-corrected chi connectivity index (χ3v) is 10.5. The Morgan fingerprint density at radius 1 is 0.857 bits per heavy atom. The van der Waals surface area contributed by atoms with Crippen LogP contribution in [0.2, 0.25) is 0 Å². The smallest absolute Gasteiger partial charge is 0.351 e. The number of hydrogen-bond acceptors (Lipinski definition) is 11. The molecule has 4 heterocycles. The Morgan fingerprint density at radius 2 is 1.43 bits per heavy atom. The average Bonchev–Trinajstić information content (AvgIpc) is 3.69. The van der Waals surface area contributed by atoms with E-state index in [1.807, 2.05) is 89.8 Å². The number of ether oxygens (including phenoxy) is 4. The molecule has 0 spiro atoms. The van der Waals surface area contributed by atoms with Crippen LogP contribution >= 0.6 is 0 Å². The first-order valence-electron chi connectivity index (χ1n) is 18.1. The number of aromatic nitrogens is 4. The molecule has 0 unspecified atom stereocenters. The highest BCUT2D eigenvalue weighted by Crippen LogP contribution is 2.50. The minimum Gasteiger partial charge on any atom is -0.497 e. The van der Waals surface area contributed by atoms with E-state index < -0.39 is 41.2 Å². The Bertz CT molecular complexity index is 2320. The van der Waals surface area contributed by atoms with Crippen LogP contribution in [0.4, 0.5) is 11.8 Å². The average molecular weight is 753 g/mol. The predicted octanol–water partition coefficient (Wildman–Crippen LogP) is 5.14. The monoisotopic (exact) mass is 752 g/mol. The fourth-order valence-corrected chi connectivity index (χ4v) is 7.68. The van der Waals surface area contributed by atoms with E-state index in [0.29, 0.717) is 28.6 Å². The van der Waals surface area contributed by atoms with Gasteiger partial charge in [-0.3, -0.25) is 9.36 Å². The molecule has 56 heavy (non-hydrogen) atoms. The zero-order valence-corrected chi connectivity index (χ0v) is 31.0. The van der Waals surface area contributed by atoms with Gasteiger partial charge < -0.3 is 34.3 Å². The summed E-state index contributed by atoms with van der Waals surface area (Å²) in [6.45, 7) is 1.77. The van der Waals surface area contributed by atoms with Gasteiger partial charge in [-0.05, 0) is 66.1 Å². The maximum Gasteiger partial charge on any atom is 0.351 e. The minimum absolute atomic E-state index is 0.121. The molecule has 13 heteroatoms. The lowest BCUT2D eigenvalue weighted by Crippen LogP contribution is -2.51. The normalized spacial score (nSPS) is 20.1. The topological polar surface area (TPSA) is 150 Å². The number of benzene rings is 4. The van der Waals surface area contributed by atoms with Crippen molar-refractivity contribution in [1.29, 1.82) is 0 Å². The van der Waals surface area contributed by atoms with Crippen LogP contribution in [0.5, 0.6) is 11.5 Å². The minimum atomic E-state index is -1.37. The van der Waals surface area contributed by atoms with E-state index in [4.69, 9.17) is 18.9 Å². The SMILES string of the molecule is COc1ccc(C(OC[C@@]23CN(c4ncccn4)[C@@H]([C@H](n4cc(C)c(NC(=O)c5ccccc5)nc4=O)O2)[C@@H]3O)(c2ccccc2)c2ccc(OC)cc2)cc1. The summed E-state index contributed by atoms with van der Waals surface area (Å²) in [4.78, 5) is 41.9. The maximum absolute atomic E-state index is 13.8. The number of rotatable bonds is 12. The highest BCUT2D eigenvalue weighted by Gasteiger charge is 2.65. The maximum atomic E-state index is 13.8. The summed E-state index contributed by atoms with van der Waals surface area (Å²) in [5.41, 5.74) is 0.116. The van der Waals surface area contributed by atoms with E-state index in [2.05, 4.69) is 20.3 Å². The Morgan fingerprint density at radius 3 is 2.02 bits per heavy atom. The lowest BCUT2D eigenvalue weighted by Gasteiger charge is -2.41. The molecule has 8 rings (SSSR count). The first-order valence-corrected chi connectivity index (χ1v) is 18.1. The lowest BCUT2D eigenvalue weighted by atomic mass is 9.79. The van der Waals surface area contributed by atoms with Crippen molar-refractivity contribution < 1.29 is 28.8 Å². The second-order valence-corrected chi connectivity index (χ2v) is 13.8. The van der Waals surface area contributed by atoms with Gasteiger partial charge in [0.2, 0.25) is 5.95 Å². The van der Waals surface area contributed by atoms with Crippen molar-refractivity contribution in [2.75, 3.05) is 37.6 Å². The molecule has 2 aromatic heterocycles. The van der Waals surface area contributed by atoms with E-state index in [1.165, 1.54) is 4.57 Å². The molecule has 13 nitrogen and oxygen atoms in total. The number of aryl methyl sites for hydroxylation is 1. The molecule has 2 saturated heterocycles. The van der Waals surface area contributed by atoms with Crippen LogP contribution in [0, 0.1) is 6.92 Å². The summed E-state index contributed by atoms with van der Waals surface area (Å²) < 4.78 is 26.4. The molecule has 0 aliphatic carbocycles. The van der Waals surface area contributed by atoms with Gasteiger partial charge in [0, 0.05) is 29.7 Å². The van der Waals surface area contributed by atoms with Gasteiger partial charge in [-0.2, -0.15) is 4.98 Å². The molecule has 1 amide bonds. The van der Waals surface area contributed by atoms with Gasteiger partial charge in [0.1, 0.15) is 40.7 Å². The second kappa shape index (κ2) is 15.0. The van der Waals surface area contributed by atoms with E-state index in [1.54, 1.807) is 70.1 Å². The zero-order chi connectivity index (χ0) is 38.9. The zero-order valence-electron chi connectivity index (χ0n) is 31.0. The highest BCUT2D eigenvalue weighted by molar-refractivity contribution is 6.04. The molecule has 4 aromatic carbocycles. The number of aliphatic hydroxyl groups is 1. The number of nitrogens with zero attached hydrogens (tertiary/aromatic N) is 5. The van der Waals surface area contributed by atoms with Crippen molar-refractivity contribution in [1.82, 2.24) is 19.5 Å². The number of aliphatic hydroxyl groups excluding tert-OH is 1. The van der Waals surface area contributed by atoms with Gasteiger partial charge in [0.05, 0.1) is 27.4 Å². The highest BCUT2D eigenvalue weighted by atomic mass is 16.6. The van der Waals surface area contributed by atoms with Gasteiger partial charge in [-0.15, -0.1) is 0 Å². The molecule has 0 radical (unpaired) electrons. The van der Waals surface area contributed by atoms with E-state index >= 15 is 0 Å². The van der Waals surface area contributed by atoms with E-state index in [9.17, 15) is 14.7 Å². The van der Waals surface area contributed by atoms with E-state index in [-0.39, 0.29) is 19.0 Å². The number of anilines is 2. The molecule has 6 aromatic rings. The number of carbonyl (C=O) groups excluding carboxylic acids is 1. The first-order chi connectivity index (χ1) is 27.3. The van der Waals surface area contributed by atoms with Crippen LogP contribution < -0.4 is 25.4 Å². The largest absolute Gasteiger partial charge is 0.497 e. The summed E-state index contributed by atoms with van der Waals surface area (Å²) in [5.74, 6) is 1.44. The van der Waals surface area contributed by atoms with Crippen LogP contribution in [0.15, 0.2) is 139 Å². The van der Waals surface area contributed by atoms with Crippen molar-refractivity contribution in [3.63, 3.8) is 0 Å². The van der Waals surface area contributed by atoms with Gasteiger partial charge in [-0.1, -0.05) is 72.8 Å². The quantitative estimate of drug-likeness (QED) is 0.160. The molecule has 0 saturated carbocycles. The van der Waals surface area contributed by atoms with Crippen LogP contribution in [-0.4, -0.2) is 75.7 Å². The number of morpholine rings is 1. The summed E-state index contributed by atoms with van der Waals surface area (Å²) in [7, 11) is 3.23. The third kappa shape index (κ3) is 6.45. The van der Waals surface area contributed by atoms with Gasteiger partial charge in [0.15, 0.2) is 6.23 Å². The summed E-state index contributed by atoms with van der Waals surface area (Å²) in [5, 5.41) is 15.1. The van der Waals surface area contributed by atoms with E-state index in [0.717, 1.165) is 16.7 Å². The number of fused-ring (bicyclic) bond motifs is 2. The number of amides is 1. The molecule has 2 bridgehead atoms. The fourth-order valence-electron chi connectivity index (χ4n) is 7.68. The van der Waals surface area contributed by atoms with Crippen LogP contribution in [-0.2, 0) is 15.1 Å². The summed E-state index contributed by atoms with van der Waals surface area (Å²) in [6, 6.07) is 34.7.